The number of carbonyl (C=O) groups is 3. The highest BCUT2D eigenvalue weighted by Gasteiger charge is 2.64. The smallest absolute Gasteiger partial charge is 0.289 e. The highest BCUT2D eigenvalue weighted by atomic mass is 35.5. The summed E-state index contributed by atoms with van der Waals surface area (Å²) >= 11 is 5.93. The fraction of sp³-hybridized carbons (Fsp3) is 0.179. The molecule has 2 saturated heterocycles. The van der Waals surface area contributed by atoms with Gasteiger partial charge in [0.25, 0.3) is 5.69 Å². The predicted molar refractivity (Wildman–Crippen MR) is 140 cm³/mol. The summed E-state index contributed by atoms with van der Waals surface area (Å²) in [6.45, 7) is 0.118. The minimum absolute atomic E-state index is 0.0577. The Balaban J connectivity index is 1.39. The average Bonchev–Trinajstić information content (AvgIpc) is 3.39. The Bertz CT molecular complexity index is 1520. The zero-order valence-corrected chi connectivity index (χ0v) is 20.6. The second-order valence-electron chi connectivity index (χ2n) is 9.49. The largest absolute Gasteiger partial charge is 0.357 e. The van der Waals surface area contributed by atoms with Crippen molar-refractivity contribution in [1.82, 2.24) is 9.80 Å². The SMILES string of the molecule is O=C(Nc1ccc(Cl)c([N+](=O)[O-])c1)[C@@H]1[C@@H]2C(=O)N(Cc3ccccc3)C(=O)[C@@H]2[C@@H]2c3ccccc3C=CN12. The number of nitrogens with one attached hydrogen (secondary N) is 1. The number of nitro groups is 1. The fourth-order valence-corrected chi connectivity index (χ4v) is 5.97. The molecule has 38 heavy (non-hydrogen) atoms. The van der Waals surface area contributed by atoms with Crippen LogP contribution in [0.2, 0.25) is 5.02 Å². The first-order valence-electron chi connectivity index (χ1n) is 12.0. The summed E-state index contributed by atoms with van der Waals surface area (Å²) in [6.07, 6.45) is 3.61. The van der Waals surface area contributed by atoms with E-state index in [0.717, 1.165) is 16.7 Å². The standard InChI is InChI=1S/C28H21ClN4O5/c29-20-11-10-18(14-21(20)33(37)38)30-26(34)25-23-22(24-19-9-5-4-8-17(19)12-13-31(24)25)27(35)32(28(23)36)15-16-6-2-1-3-7-16/h1-14,22-25H,15H2,(H,30,34)/t22-,23+,24-,25-/m0/s1. The van der Waals surface area contributed by atoms with E-state index in [1.54, 1.807) is 11.1 Å². The van der Waals surface area contributed by atoms with Crippen molar-refractivity contribution in [2.24, 2.45) is 11.8 Å². The molecule has 3 aromatic rings. The zero-order chi connectivity index (χ0) is 26.6. The van der Waals surface area contributed by atoms with Crippen molar-refractivity contribution in [1.29, 1.82) is 0 Å². The molecule has 0 aromatic heterocycles. The maximum atomic E-state index is 13.8. The molecule has 6 rings (SSSR count). The molecule has 9 nitrogen and oxygen atoms in total. The third-order valence-corrected chi connectivity index (χ3v) is 7.73. The van der Waals surface area contributed by atoms with Crippen LogP contribution in [0.1, 0.15) is 22.7 Å². The molecule has 3 aliphatic rings. The van der Waals surface area contributed by atoms with Gasteiger partial charge < -0.3 is 10.2 Å². The number of fused-ring (bicyclic) bond motifs is 5. The van der Waals surface area contributed by atoms with E-state index in [-0.39, 0.29) is 28.8 Å². The number of rotatable bonds is 5. The molecule has 3 aliphatic heterocycles. The van der Waals surface area contributed by atoms with Crippen LogP contribution in [-0.2, 0) is 20.9 Å². The molecule has 4 atom stereocenters. The first-order chi connectivity index (χ1) is 18.3. The first kappa shape index (κ1) is 23.9. The number of benzene rings is 3. The van der Waals surface area contributed by atoms with Crippen LogP contribution in [0, 0.1) is 22.0 Å². The monoisotopic (exact) mass is 528 g/mol. The lowest BCUT2D eigenvalue weighted by molar-refractivity contribution is -0.384. The summed E-state index contributed by atoms with van der Waals surface area (Å²) in [5, 5.41) is 14.0. The van der Waals surface area contributed by atoms with E-state index >= 15 is 0 Å². The molecule has 0 unspecified atom stereocenters. The molecule has 3 heterocycles. The van der Waals surface area contributed by atoms with E-state index in [9.17, 15) is 24.5 Å². The molecule has 2 fully saturated rings. The van der Waals surface area contributed by atoms with Gasteiger partial charge in [-0.15, -0.1) is 0 Å². The van der Waals surface area contributed by atoms with Crippen molar-refractivity contribution in [2.45, 2.75) is 18.6 Å². The Morgan fingerprint density at radius 2 is 1.68 bits per heavy atom. The quantitative estimate of drug-likeness (QED) is 0.298. The number of halogens is 1. The molecular formula is C28H21ClN4O5. The molecule has 0 saturated carbocycles. The summed E-state index contributed by atoms with van der Waals surface area (Å²) in [4.78, 5) is 55.0. The highest BCUT2D eigenvalue weighted by Crippen LogP contribution is 2.52. The van der Waals surface area contributed by atoms with E-state index in [1.807, 2.05) is 60.7 Å². The summed E-state index contributed by atoms with van der Waals surface area (Å²) in [5.41, 5.74) is 2.42. The number of nitro benzene ring substituents is 1. The molecule has 0 bridgehead atoms. The molecule has 0 radical (unpaired) electrons. The minimum atomic E-state index is -0.999. The van der Waals surface area contributed by atoms with Gasteiger partial charge in [-0.3, -0.25) is 29.4 Å². The van der Waals surface area contributed by atoms with Gasteiger partial charge in [0.2, 0.25) is 17.7 Å². The summed E-state index contributed by atoms with van der Waals surface area (Å²) in [6, 6.07) is 19.3. The summed E-state index contributed by atoms with van der Waals surface area (Å²) in [5.74, 6) is -2.94. The van der Waals surface area contributed by atoms with Gasteiger partial charge in [-0.05, 0) is 34.9 Å². The average molecular weight is 529 g/mol. The normalized spacial score (nSPS) is 23.2. The minimum Gasteiger partial charge on any atom is -0.357 e. The third-order valence-electron chi connectivity index (χ3n) is 7.42. The van der Waals surface area contributed by atoms with Crippen molar-refractivity contribution in [3.63, 3.8) is 0 Å². The summed E-state index contributed by atoms with van der Waals surface area (Å²) in [7, 11) is 0. The van der Waals surface area contributed by atoms with E-state index in [1.165, 1.54) is 23.1 Å². The van der Waals surface area contributed by atoms with E-state index in [4.69, 9.17) is 11.6 Å². The van der Waals surface area contributed by atoms with Crippen LogP contribution < -0.4 is 5.32 Å². The van der Waals surface area contributed by atoms with E-state index < -0.39 is 40.7 Å². The van der Waals surface area contributed by atoms with Crippen LogP contribution in [0.3, 0.4) is 0 Å². The molecule has 3 aromatic carbocycles. The summed E-state index contributed by atoms with van der Waals surface area (Å²) < 4.78 is 0. The zero-order valence-electron chi connectivity index (χ0n) is 19.9. The molecule has 0 spiro atoms. The van der Waals surface area contributed by atoms with Crippen molar-refractivity contribution in [2.75, 3.05) is 5.32 Å². The van der Waals surface area contributed by atoms with E-state index in [2.05, 4.69) is 5.32 Å². The number of likely N-dealkylation sites (tertiary alicyclic amines) is 1. The van der Waals surface area contributed by atoms with Crippen LogP contribution in [0.4, 0.5) is 11.4 Å². The van der Waals surface area contributed by atoms with Gasteiger partial charge in [0.15, 0.2) is 0 Å². The van der Waals surface area contributed by atoms with Gasteiger partial charge in [0.05, 0.1) is 29.3 Å². The fourth-order valence-electron chi connectivity index (χ4n) is 5.79. The van der Waals surface area contributed by atoms with Gasteiger partial charge in [0.1, 0.15) is 11.1 Å². The van der Waals surface area contributed by atoms with Crippen LogP contribution in [0.15, 0.2) is 79.0 Å². The van der Waals surface area contributed by atoms with Crippen molar-refractivity contribution < 1.29 is 19.3 Å². The maximum absolute atomic E-state index is 13.8. The third kappa shape index (κ3) is 3.74. The molecular weight excluding hydrogens is 508 g/mol. The van der Waals surface area contributed by atoms with Crippen molar-refractivity contribution >= 4 is 46.8 Å². The number of amides is 3. The van der Waals surface area contributed by atoms with Crippen molar-refractivity contribution in [3.8, 4) is 0 Å². The van der Waals surface area contributed by atoms with Crippen LogP contribution in [0.5, 0.6) is 0 Å². The number of nitrogens with zero attached hydrogens (tertiary/aromatic N) is 3. The van der Waals surface area contributed by atoms with Gasteiger partial charge in [-0.2, -0.15) is 0 Å². The van der Waals surface area contributed by atoms with Crippen LogP contribution in [-0.4, -0.2) is 38.5 Å². The van der Waals surface area contributed by atoms with E-state index in [0.29, 0.717) is 0 Å². The molecule has 1 N–H and O–H groups in total. The first-order valence-corrected chi connectivity index (χ1v) is 12.4. The van der Waals surface area contributed by atoms with Gasteiger partial charge in [0, 0.05) is 18.0 Å². The van der Waals surface area contributed by atoms with Gasteiger partial charge in [-0.1, -0.05) is 66.2 Å². The number of hydrogen-bond acceptors (Lipinski definition) is 6. The molecule has 0 aliphatic carbocycles. The second-order valence-corrected chi connectivity index (χ2v) is 9.90. The Kier molecular flexibility index (Phi) is 5.72. The lowest BCUT2D eigenvalue weighted by atomic mass is 9.84. The predicted octanol–water partition coefficient (Wildman–Crippen LogP) is 4.40. The highest BCUT2D eigenvalue weighted by molar-refractivity contribution is 6.32. The van der Waals surface area contributed by atoms with Gasteiger partial charge in [-0.25, -0.2) is 0 Å². The lowest BCUT2D eigenvalue weighted by Gasteiger charge is -2.35. The molecule has 10 heteroatoms. The number of anilines is 1. The Labute approximate surface area is 222 Å². The van der Waals surface area contributed by atoms with Crippen LogP contribution >= 0.6 is 11.6 Å². The number of carbonyl (C=O) groups excluding carboxylic acids is 3. The molecule has 190 valence electrons. The van der Waals surface area contributed by atoms with Gasteiger partial charge >= 0.3 is 0 Å². The maximum Gasteiger partial charge on any atom is 0.289 e. The Hall–Kier alpha value is -4.50. The van der Waals surface area contributed by atoms with Crippen molar-refractivity contribution in [3.05, 3.63) is 111 Å². The van der Waals surface area contributed by atoms with Crippen LogP contribution in [0.25, 0.3) is 6.08 Å². The Morgan fingerprint density at radius 3 is 2.45 bits per heavy atom. The second kappa shape index (κ2) is 9.11. The Morgan fingerprint density at radius 1 is 0.974 bits per heavy atom. The number of hydrogen-bond donors (Lipinski definition) is 1. The lowest BCUT2D eigenvalue weighted by Crippen LogP contribution is -2.46. The number of imide groups is 1. The molecule has 3 amide bonds. The topological polar surface area (TPSA) is 113 Å².